The molecule has 0 aromatic rings. The highest BCUT2D eigenvalue weighted by Crippen LogP contribution is 2.19. The van der Waals surface area contributed by atoms with E-state index in [0.29, 0.717) is 5.57 Å². The largest absolute Gasteiger partial charge is 0.481 e. The monoisotopic (exact) mass is 214 g/mol. The quantitative estimate of drug-likeness (QED) is 0.637. The highest BCUT2D eigenvalue weighted by Gasteiger charge is 2.16. The number of carboxylic acids is 2. The first-order chi connectivity index (χ1) is 7.02. The molecule has 0 saturated carbocycles. The van der Waals surface area contributed by atoms with Crippen molar-refractivity contribution in [3.05, 3.63) is 11.6 Å². The lowest BCUT2D eigenvalue weighted by Gasteiger charge is -2.12. The molecule has 0 amide bonds. The van der Waals surface area contributed by atoms with Crippen molar-refractivity contribution < 1.29 is 19.8 Å². The maximum Gasteiger partial charge on any atom is 0.331 e. The van der Waals surface area contributed by atoms with E-state index in [4.69, 9.17) is 10.2 Å². The van der Waals surface area contributed by atoms with Gasteiger partial charge in [0.05, 0.1) is 0 Å². The first-order valence-electron chi connectivity index (χ1n) is 5.18. The molecule has 0 aromatic heterocycles. The molecule has 86 valence electrons. The Bertz CT molecular complexity index is 251. The summed E-state index contributed by atoms with van der Waals surface area (Å²) >= 11 is 0. The van der Waals surface area contributed by atoms with Gasteiger partial charge >= 0.3 is 11.9 Å². The van der Waals surface area contributed by atoms with Crippen LogP contribution in [-0.2, 0) is 9.59 Å². The van der Waals surface area contributed by atoms with Gasteiger partial charge in [-0.15, -0.1) is 0 Å². The third-order valence-corrected chi connectivity index (χ3v) is 2.39. The van der Waals surface area contributed by atoms with Crippen molar-refractivity contribution in [2.24, 2.45) is 5.92 Å². The van der Waals surface area contributed by atoms with Gasteiger partial charge in [0.25, 0.3) is 0 Å². The molecule has 4 nitrogen and oxygen atoms in total. The van der Waals surface area contributed by atoms with E-state index in [1.165, 1.54) is 6.08 Å². The number of allylic oxidation sites excluding steroid dienone is 1. The topological polar surface area (TPSA) is 74.6 Å². The zero-order valence-electron chi connectivity index (χ0n) is 9.19. The van der Waals surface area contributed by atoms with Gasteiger partial charge in [0.2, 0.25) is 0 Å². The van der Waals surface area contributed by atoms with E-state index in [1.807, 2.05) is 13.8 Å². The van der Waals surface area contributed by atoms with Gasteiger partial charge in [-0.05, 0) is 25.2 Å². The second-order valence-electron chi connectivity index (χ2n) is 3.41. The van der Waals surface area contributed by atoms with Crippen LogP contribution >= 0.6 is 0 Å². The molecule has 0 aromatic carbocycles. The molecule has 0 saturated heterocycles. The summed E-state index contributed by atoms with van der Waals surface area (Å²) in [5.41, 5.74) is 0.348. The van der Waals surface area contributed by atoms with Crippen molar-refractivity contribution in [1.82, 2.24) is 0 Å². The number of carboxylic acid groups (broad SMARTS) is 2. The first-order valence-corrected chi connectivity index (χ1v) is 5.18. The smallest absolute Gasteiger partial charge is 0.331 e. The van der Waals surface area contributed by atoms with Crippen molar-refractivity contribution in [3.63, 3.8) is 0 Å². The predicted octanol–water partition coefficient (Wildman–Crippen LogP) is 2.30. The lowest BCUT2D eigenvalue weighted by Crippen LogP contribution is -2.11. The second kappa shape index (κ2) is 7.04. The van der Waals surface area contributed by atoms with Crippen LogP contribution in [0, 0.1) is 5.92 Å². The summed E-state index contributed by atoms with van der Waals surface area (Å²) in [5, 5.41) is 17.4. The molecule has 0 heterocycles. The van der Waals surface area contributed by atoms with Gasteiger partial charge in [0.1, 0.15) is 0 Å². The molecular formula is C11H18O4. The molecule has 0 fully saturated rings. The van der Waals surface area contributed by atoms with E-state index in [-0.39, 0.29) is 18.8 Å². The molecule has 0 bridgehead atoms. The number of hydrogen-bond donors (Lipinski definition) is 2. The summed E-state index contributed by atoms with van der Waals surface area (Å²) in [6.07, 6.45) is 3.34. The summed E-state index contributed by atoms with van der Waals surface area (Å²) in [6, 6.07) is 0. The number of hydrogen-bond acceptors (Lipinski definition) is 2. The van der Waals surface area contributed by atoms with E-state index < -0.39 is 11.9 Å². The summed E-state index contributed by atoms with van der Waals surface area (Å²) in [4.78, 5) is 21.2. The number of carbonyl (C=O) groups is 2. The molecule has 0 unspecified atom stereocenters. The van der Waals surface area contributed by atoms with Crippen LogP contribution in [0.5, 0.6) is 0 Å². The fourth-order valence-electron chi connectivity index (χ4n) is 1.51. The summed E-state index contributed by atoms with van der Waals surface area (Å²) < 4.78 is 0. The van der Waals surface area contributed by atoms with Crippen molar-refractivity contribution >= 4 is 11.9 Å². The van der Waals surface area contributed by atoms with Crippen molar-refractivity contribution in [2.75, 3.05) is 0 Å². The lowest BCUT2D eigenvalue weighted by molar-refractivity contribution is -0.137. The number of aliphatic carboxylic acids is 2. The minimum absolute atomic E-state index is 0.0169. The van der Waals surface area contributed by atoms with Crippen LogP contribution in [0.4, 0.5) is 0 Å². The van der Waals surface area contributed by atoms with Crippen LogP contribution in [0.1, 0.15) is 39.5 Å². The maximum atomic E-state index is 10.9. The lowest BCUT2D eigenvalue weighted by atomic mass is 9.92. The molecule has 4 heteroatoms. The van der Waals surface area contributed by atoms with Gasteiger partial charge in [0, 0.05) is 12.0 Å². The standard InChI is InChI=1S/C11H18O4/c1-3-8(4-2)9(11(14)15)6-5-7-10(12)13/h6,8H,3-5,7H2,1-2H3,(H,12,13)(H,14,15)/b9-6+. The molecule has 0 aliphatic heterocycles. The fraction of sp³-hybridized carbons (Fsp3) is 0.636. The highest BCUT2D eigenvalue weighted by atomic mass is 16.4. The first kappa shape index (κ1) is 13.7. The van der Waals surface area contributed by atoms with E-state index in [0.717, 1.165) is 12.8 Å². The molecular weight excluding hydrogens is 196 g/mol. The zero-order valence-corrected chi connectivity index (χ0v) is 9.19. The second-order valence-corrected chi connectivity index (χ2v) is 3.41. The maximum absolute atomic E-state index is 10.9. The molecule has 15 heavy (non-hydrogen) atoms. The van der Waals surface area contributed by atoms with Gasteiger partial charge in [-0.1, -0.05) is 19.9 Å². The van der Waals surface area contributed by atoms with Crippen molar-refractivity contribution in [3.8, 4) is 0 Å². The Hall–Kier alpha value is -1.32. The third-order valence-electron chi connectivity index (χ3n) is 2.39. The molecule has 0 radical (unpaired) electrons. The van der Waals surface area contributed by atoms with E-state index in [1.54, 1.807) is 0 Å². The average Bonchev–Trinajstić information content (AvgIpc) is 2.16. The minimum atomic E-state index is -0.936. The van der Waals surface area contributed by atoms with Crippen LogP contribution in [0.15, 0.2) is 11.6 Å². The average molecular weight is 214 g/mol. The Labute approximate surface area is 89.6 Å². The molecule has 0 aliphatic rings. The van der Waals surface area contributed by atoms with Crippen molar-refractivity contribution in [2.45, 2.75) is 39.5 Å². The molecule has 0 rings (SSSR count). The summed E-state index contributed by atoms with van der Waals surface area (Å²) in [7, 11) is 0. The van der Waals surface area contributed by atoms with Crippen molar-refractivity contribution in [1.29, 1.82) is 0 Å². The third kappa shape index (κ3) is 5.20. The van der Waals surface area contributed by atoms with E-state index >= 15 is 0 Å². The Morgan fingerprint density at radius 2 is 1.73 bits per heavy atom. The molecule has 2 N–H and O–H groups in total. The summed E-state index contributed by atoms with van der Waals surface area (Å²) in [5.74, 6) is -1.81. The molecule has 0 spiro atoms. The van der Waals surface area contributed by atoms with Crippen LogP contribution in [0.2, 0.25) is 0 Å². The number of rotatable bonds is 7. The summed E-state index contributed by atoms with van der Waals surface area (Å²) in [6.45, 7) is 3.87. The SMILES string of the molecule is CCC(CC)/C(=C\CCC(=O)O)C(=O)O. The Balaban J connectivity index is 4.50. The van der Waals surface area contributed by atoms with Gasteiger partial charge in [-0.2, -0.15) is 0 Å². The van der Waals surface area contributed by atoms with Crippen LogP contribution in [0.3, 0.4) is 0 Å². The molecule has 0 atom stereocenters. The predicted molar refractivity (Wildman–Crippen MR) is 56.7 cm³/mol. The van der Waals surface area contributed by atoms with Crippen LogP contribution < -0.4 is 0 Å². The van der Waals surface area contributed by atoms with Crippen LogP contribution in [-0.4, -0.2) is 22.2 Å². The Kier molecular flexibility index (Phi) is 6.42. The minimum Gasteiger partial charge on any atom is -0.481 e. The Morgan fingerprint density at radius 1 is 1.20 bits per heavy atom. The van der Waals surface area contributed by atoms with Gasteiger partial charge in [-0.3, -0.25) is 4.79 Å². The van der Waals surface area contributed by atoms with E-state index in [2.05, 4.69) is 0 Å². The van der Waals surface area contributed by atoms with Crippen LogP contribution in [0.25, 0.3) is 0 Å². The molecule has 0 aliphatic carbocycles. The highest BCUT2D eigenvalue weighted by molar-refractivity contribution is 5.87. The normalized spacial score (nSPS) is 11.8. The van der Waals surface area contributed by atoms with Gasteiger partial charge in [0.15, 0.2) is 0 Å². The Morgan fingerprint density at radius 3 is 2.07 bits per heavy atom. The van der Waals surface area contributed by atoms with E-state index in [9.17, 15) is 9.59 Å². The van der Waals surface area contributed by atoms with Gasteiger partial charge in [-0.25, -0.2) is 4.79 Å². The van der Waals surface area contributed by atoms with Gasteiger partial charge < -0.3 is 10.2 Å². The zero-order chi connectivity index (χ0) is 11.8. The fourth-order valence-corrected chi connectivity index (χ4v) is 1.51.